The van der Waals surface area contributed by atoms with Gasteiger partial charge in [-0.2, -0.15) is 5.10 Å². The van der Waals surface area contributed by atoms with E-state index >= 15 is 0 Å². The van der Waals surface area contributed by atoms with Crippen molar-refractivity contribution in [3.05, 3.63) is 48.0 Å². The number of hydrogen-bond acceptors (Lipinski definition) is 5. The molecule has 0 radical (unpaired) electrons. The first kappa shape index (κ1) is 15.8. The van der Waals surface area contributed by atoms with Gasteiger partial charge in [0.1, 0.15) is 12.7 Å². The summed E-state index contributed by atoms with van der Waals surface area (Å²) >= 11 is 0. The summed E-state index contributed by atoms with van der Waals surface area (Å²) in [5, 5.41) is 4.19. The number of esters is 1. The number of aromatic nitrogens is 3. The number of rotatable bonds is 2. The predicted molar refractivity (Wildman–Crippen MR) is 88.8 cm³/mol. The molecule has 3 heterocycles. The minimum Gasteiger partial charge on any atom is -0.445 e. The maximum atomic E-state index is 13.1. The molecule has 2 aliphatic heterocycles. The van der Waals surface area contributed by atoms with Crippen LogP contribution in [-0.2, 0) is 16.0 Å². The molecule has 1 fully saturated rings. The first-order valence-electron chi connectivity index (χ1n) is 8.51. The number of ether oxygens (including phenoxy) is 1. The normalized spacial score (nSPS) is 26.0. The highest BCUT2D eigenvalue weighted by atomic mass is 16.6. The number of piperidine rings is 1. The van der Waals surface area contributed by atoms with Gasteiger partial charge in [0.15, 0.2) is 5.60 Å². The van der Waals surface area contributed by atoms with Crippen molar-refractivity contribution < 1.29 is 14.3 Å². The van der Waals surface area contributed by atoms with Gasteiger partial charge in [0, 0.05) is 19.5 Å². The van der Waals surface area contributed by atoms with E-state index in [2.05, 4.69) is 10.1 Å². The van der Waals surface area contributed by atoms with Crippen LogP contribution in [0.5, 0.6) is 0 Å². The Kier molecular flexibility index (Phi) is 3.78. The second-order valence-electron chi connectivity index (χ2n) is 6.88. The molecule has 25 heavy (non-hydrogen) atoms. The third-order valence-electron chi connectivity index (χ3n) is 5.03. The van der Waals surface area contributed by atoms with Crippen LogP contribution in [0.2, 0.25) is 0 Å². The molecular weight excluding hydrogens is 320 g/mol. The second-order valence-corrected chi connectivity index (χ2v) is 6.88. The maximum Gasteiger partial charge on any atom is 0.339 e. The minimum atomic E-state index is -1.16. The van der Waals surface area contributed by atoms with E-state index in [0.717, 1.165) is 18.4 Å². The summed E-state index contributed by atoms with van der Waals surface area (Å²) in [5.41, 5.74) is 0.252. The summed E-state index contributed by atoms with van der Waals surface area (Å²) in [6.45, 7) is 2.93. The zero-order valence-electron chi connectivity index (χ0n) is 14.1. The molecule has 130 valence electrons. The number of cyclic esters (lactones) is 1. The van der Waals surface area contributed by atoms with E-state index in [1.807, 2.05) is 12.1 Å². The molecule has 2 atom stereocenters. The zero-order chi connectivity index (χ0) is 17.4. The van der Waals surface area contributed by atoms with Crippen LogP contribution in [-0.4, -0.2) is 50.2 Å². The lowest BCUT2D eigenvalue weighted by atomic mass is 9.88. The van der Waals surface area contributed by atoms with E-state index in [-0.39, 0.29) is 11.9 Å². The molecule has 1 amide bonds. The molecule has 2 aromatic rings. The molecule has 7 nitrogen and oxygen atoms in total. The van der Waals surface area contributed by atoms with Crippen LogP contribution in [0.25, 0.3) is 0 Å². The molecule has 0 unspecified atom stereocenters. The van der Waals surface area contributed by atoms with E-state index in [9.17, 15) is 9.59 Å². The Morgan fingerprint density at radius 2 is 2.20 bits per heavy atom. The number of likely N-dealkylation sites (tertiary alicyclic amines) is 1. The predicted octanol–water partition coefficient (Wildman–Crippen LogP) is 1.61. The average molecular weight is 340 g/mol. The molecule has 2 aliphatic rings. The monoisotopic (exact) mass is 340 g/mol. The lowest BCUT2D eigenvalue weighted by molar-refractivity contribution is -0.152. The highest BCUT2D eigenvalue weighted by molar-refractivity contribution is 5.97. The smallest absolute Gasteiger partial charge is 0.339 e. The van der Waals surface area contributed by atoms with E-state index in [0.29, 0.717) is 25.1 Å². The van der Waals surface area contributed by atoms with Crippen molar-refractivity contribution in [2.45, 2.75) is 37.8 Å². The van der Waals surface area contributed by atoms with Crippen molar-refractivity contribution in [1.82, 2.24) is 19.7 Å². The third-order valence-corrected chi connectivity index (χ3v) is 5.03. The first-order valence-corrected chi connectivity index (χ1v) is 8.51. The second kappa shape index (κ2) is 5.98. The van der Waals surface area contributed by atoms with Gasteiger partial charge in [-0.25, -0.2) is 14.5 Å². The van der Waals surface area contributed by atoms with E-state index in [1.54, 1.807) is 35.0 Å². The molecule has 0 aliphatic carbocycles. The van der Waals surface area contributed by atoms with E-state index < -0.39 is 11.6 Å². The molecule has 4 rings (SSSR count). The number of carbonyl (C=O) groups excluding carboxylic acids is 2. The van der Waals surface area contributed by atoms with Gasteiger partial charge in [-0.1, -0.05) is 18.2 Å². The zero-order valence-corrected chi connectivity index (χ0v) is 14.1. The number of carbonyl (C=O) groups is 2. The Hall–Kier alpha value is -2.70. The van der Waals surface area contributed by atoms with Crippen molar-refractivity contribution in [2.75, 3.05) is 13.1 Å². The van der Waals surface area contributed by atoms with Crippen LogP contribution >= 0.6 is 0 Å². The molecule has 0 N–H and O–H groups in total. The number of nitrogens with zero attached hydrogens (tertiary/aromatic N) is 4. The van der Waals surface area contributed by atoms with Crippen LogP contribution in [0.1, 0.15) is 41.7 Å². The topological polar surface area (TPSA) is 77.3 Å². The average Bonchev–Trinajstić information content (AvgIpc) is 3.16. The van der Waals surface area contributed by atoms with E-state index in [4.69, 9.17) is 4.74 Å². The van der Waals surface area contributed by atoms with E-state index in [1.165, 1.54) is 6.33 Å². The fraction of sp³-hybridized carbons (Fsp3) is 0.444. The lowest BCUT2D eigenvalue weighted by Crippen LogP contribution is -2.55. The fourth-order valence-electron chi connectivity index (χ4n) is 3.75. The number of benzene rings is 1. The molecule has 1 aromatic carbocycles. The molecule has 1 saturated heterocycles. The summed E-state index contributed by atoms with van der Waals surface area (Å²) in [4.78, 5) is 31.2. The largest absolute Gasteiger partial charge is 0.445 e. The highest BCUT2D eigenvalue weighted by Crippen LogP contribution is 2.31. The molecule has 0 bridgehead atoms. The molecule has 0 spiro atoms. The van der Waals surface area contributed by atoms with Crippen molar-refractivity contribution >= 4 is 11.9 Å². The summed E-state index contributed by atoms with van der Waals surface area (Å²) in [5.74, 6) is -0.567. The highest BCUT2D eigenvalue weighted by Gasteiger charge is 2.45. The van der Waals surface area contributed by atoms with Crippen molar-refractivity contribution in [3.8, 4) is 0 Å². The van der Waals surface area contributed by atoms with Gasteiger partial charge < -0.3 is 9.64 Å². The Balaban J connectivity index is 1.55. The van der Waals surface area contributed by atoms with Crippen LogP contribution in [0.15, 0.2) is 36.9 Å². The third kappa shape index (κ3) is 2.79. The van der Waals surface area contributed by atoms with Crippen LogP contribution in [0.4, 0.5) is 0 Å². The van der Waals surface area contributed by atoms with Crippen molar-refractivity contribution in [3.63, 3.8) is 0 Å². The number of fused-ring (bicyclic) bond motifs is 1. The first-order chi connectivity index (χ1) is 12.1. The quantitative estimate of drug-likeness (QED) is 0.776. The fourth-order valence-corrected chi connectivity index (χ4v) is 3.75. The van der Waals surface area contributed by atoms with Gasteiger partial charge in [0.05, 0.1) is 11.6 Å². The summed E-state index contributed by atoms with van der Waals surface area (Å²) in [6.07, 6.45) is 5.42. The SMILES string of the molecule is C[C@]1(C(=O)N2CCC[C@H](n3cncn3)C2)Cc2ccccc2C(=O)O1. The molecule has 7 heteroatoms. The molecule has 0 saturated carbocycles. The van der Waals surface area contributed by atoms with Crippen molar-refractivity contribution in [1.29, 1.82) is 0 Å². The van der Waals surface area contributed by atoms with Crippen LogP contribution in [0.3, 0.4) is 0 Å². The number of amides is 1. The standard InChI is InChI=1S/C18H20N4O3/c1-18(9-13-5-2-3-7-15(13)16(23)25-18)17(24)21-8-4-6-14(10-21)22-12-19-11-20-22/h2-3,5,7,11-12,14H,4,6,8-10H2,1H3/t14-,18+/m0/s1. The minimum absolute atomic E-state index is 0.107. The Morgan fingerprint density at radius 1 is 1.36 bits per heavy atom. The van der Waals surface area contributed by atoms with Gasteiger partial charge in [0.2, 0.25) is 0 Å². The van der Waals surface area contributed by atoms with Crippen molar-refractivity contribution in [2.24, 2.45) is 0 Å². The maximum absolute atomic E-state index is 13.1. The molecule has 1 aromatic heterocycles. The Labute approximate surface area is 145 Å². The summed E-state index contributed by atoms with van der Waals surface area (Å²) < 4.78 is 7.37. The Morgan fingerprint density at radius 3 is 3.00 bits per heavy atom. The van der Waals surface area contributed by atoms with Gasteiger partial charge >= 0.3 is 5.97 Å². The molecular formula is C18H20N4O3. The van der Waals surface area contributed by atoms with Gasteiger partial charge in [0.25, 0.3) is 5.91 Å². The summed E-state index contributed by atoms with van der Waals surface area (Å²) in [6, 6.07) is 7.41. The van der Waals surface area contributed by atoms with Gasteiger partial charge in [-0.15, -0.1) is 0 Å². The lowest BCUT2D eigenvalue weighted by Gasteiger charge is -2.40. The Bertz CT molecular complexity index is 804. The van der Waals surface area contributed by atoms with Gasteiger partial charge in [-0.05, 0) is 31.4 Å². The van der Waals surface area contributed by atoms with Crippen LogP contribution < -0.4 is 0 Å². The van der Waals surface area contributed by atoms with Gasteiger partial charge in [-0.3, -0.25) is 4.79 Å². The number of hydrogen-bond donors (Lipinski definition) is 0. The summed E-state index contributed by atoms with van der Waals surface area (Å²) in [7, 11) is 0. The van der Waals surface area contributed by atoms with Crippen LogP contribution in [0, 0.1) is 0 Å².